The molecule has 0 saturated carbocycles. The number of halogens is 2. The van der Waals surface area contributed by atoms with E-state index < -0.39 is 0 Å². The Labute approximate surface area is 537 Å². The first-order valence-corrected chi connectivity index (χ1v) is 32.7. The lowest BCUT2D eigenvalue weighted by Gasteiger charge is -2.25. The number of alkyl halides is 2. The lowest BCUT2D eigenvalue weighted by atomic mass is 9.84. The van der Waals surface area contributed by atoms with Crippen LogP contribution in [0.4, 0.5) is 0 Å². The second-order valence-electron chi connectivity index (χ2n) is 22.5. The van der Waals surface area contributed by atoms with Gasteiger partial charge in [0.25, 0.3) is 0 Å². The standard InChI is InChI=1S/C84H74O2.CH2Cl2/c1-3-5-7-31-57-85-83-75(61-49-53-69(54-50-61)79(67-41-23-13-24-42-67)77(63-33-15-9-16-34-63)64-35-17-10-18-36-64)59-71-45-27-29-47-73(71)81(83)82-74-48-30-28-46-72(74)60-76(84(82)86-58-32-8-6-4-2)62-51-55-70(56-52-62)80(68-43-25-14-26-44-68)78(65-37-19-11-20-38-65)66-39-21-12-22-40-66;2-1-3/h9-30,33-56,59-60H,3-8,31-32,57-58H2,1-2H3;1H2. The van der Waals surface area contributed by atoms with Crippen LogP contribution in [0.3, 0.4) is 0 Å². The Morgan fingerprint density at radius 2 is 0.528 bits per heavy atom. The summed E-state index contributed by atoms with van der Waals surface area (Å²) in [6.45, 7) is 5.72. The van der Waals surface area contributed by atoms with Gasteiger partial charge in [0.1, 0.15) is 11.5 Å². The molecule has 0 aromatic heterocycles. The minimum Gasteiger partial charge on any atom is -0.492 e. The fraction of sp³-hybridized carbons (Fsp3) is 0.153. The van der Waals surface area contributed by atoms with Crippen LogP contribution in [0.1, 0.15) is 110 Å². The van der Waals surface area contributed by atoms with Gasteiger partial charge in [0.05, 0.1) is 18.6 Å². The van der Waals surface area contributed by atoms with Crippen LogP contribution >= 0.6 is 23.2 Å². The number of rotatable bonds is 23. The zero-order valence-electron chi connectivity index (χ0n) is 51.1. The molecule has 0 unspecified atom stereocenters. The molecule has 0 aliphatic heterocycles. The van der Waals surface area contributed by atoms with Crippen LogP contribution in [0, 0.1) is 0 Å². The quantitative estimate of drug-likeness (QED) is 0.0361. The highest BCUT2D eigenvalue weighted by Crippen LogP contribution is 2.53. The molecule has 2 nitrogen and oxygen atoms in total. The van der Waals surface area contributed by atoms with Gasteiger partial charge in [0, 0.05) is 22.3 Å². The monoisotopic (exact) mass is 1200 g/mol. The van der Waals surface area contributed by atoms with Gasteiger partial charge in [0.15, 0.2) is 0 Å². The van der Waals surface area contributed by atoms with Crippen molar-refractivity contribution in [2.75, 3.05) is 18.6 Å². The van der Waals surface area contributed by atoms with E-state index in [1.165, 1.54) is 44.5 Å². The molecule has 4 heteroatoms. The van der Waals surface area contributed by atoms with E-state index in [0.717, 1.165) is 140 Å². The Morgan fingerprint density at radius 3 is 0.798 bits per heavy atom. The average Bonchev–Trinajstić information content (AvgIpc) is 0.935. The number of hydrogen-bond acceptors (Lipinski definition) is 2. The minimum absolute atomic E-state index is 0.194. The lowest BCUT2D eigenvalue weighted by Crippen LogP contribution is -2.05. The molecule has 0 radical (unpaired) electrons. The van der Waals surface area contributed by atoms with Crippen LogP contribution in [-0.4, -0.2) is 18.6 Å². The molecular formula is C85H76Cl2O2. The predicted molar refractivity (Wildman–Crippen MR) is 382 cm³/mol. The number of unbranched alkanes of at least 4 members (excludes halogenated alkanes) is 6. The van der Waals surface area contributed by atoms with Gasteiger partial charge in [-0.2, -0.15) is 0 Å². The third-order valence-electron chi connectivity index (χ3n) is 16.6. The smallest absolute Gasteiger partial charge is 0.135 e. The molecular weight excluding hydrogens is 1120 g/mol. The van der Waals surface area contributed by atoms with Crippen LogP contribution in [-0.2, 0) is 0 Å². The second kappa shape index (κ2) is 31.1. The van der Waals surface area contributed by atoms with Crippen molar-refractivity contribution in [1.82, 2.24) is 0 Å². The summed E-state index contributed by atoms with van der Waals surface area (Å²) >= 11 is 9.53. The number of benzene rings is 12. The van der Waals surface area contributed by atoms with E-state index in [4.69, 9.17) is 32.7 Å². The Hall–Kier alpha value is -9.18. The van der Waals surface area contributed by atoms with Gasteiger partial charge in [0.2, 0.25) is 0 Å². The molecule has 0 aliphatic carbocycles. The molecule has 12 aromatic carbocycles. The van der Waals surface area contributed by atoms with E-state index in [9.17, 15) is 0 Å². The minimum atomic E-state index is 0.194. The molecule has 0 amide bonds. The molecule has 12 aromatic rings. The Bertz CT molecular complexity index is 3900. The fourth-order valence-corrected chi connectivity index (χ4v) is 12.4. The molecule has 89 heavy (non-hydrogen) atoms. The summed E-state index contributed by atoms with van der Waals surface area (Å²) in [5, 5.41) is 4.73. The van der Waals surface area contributed by atoms with E-state index in [1.807, 2.05) is 0 Å². The van der Waals surface area contributed by atoms with Crippen molar-refractivity contribution < 1.29 is 9.47 Å². The second-order valence-corrected chi connectivity index (χ2v) is 23.3. The first kappa shape index (κ1) is 61.5. The summed E-state index contributed by atoms with van der Waals surface area (Å²) in [6.07, 6.45) is 8.74. The zero-order valence-corrected chi connectivity index (χ0v) is 52.6. The maximum absolute atomic E-state index is 7.45. The molecule has 0 N–H and O–H groups in total. The largest absolute Gasteiger partial charge is 0.492 e. The first-order valence-electron chi connectivity index (χ1n) is 31.6. The molecule has 12 rings (SSSR count). The highest BCUT2D eigenvalue weighted by atomic mass is 35.5. The number of fused-ring (bicyclic) bond motifs is 2. The van der Waals surface area contributed by atoms with E-state index >= 15 is 0 Å². The van der Waals surface area contributed by atoms with E-state index in [1.54, 1.807) is 0 Å². The molecule has 0 bridgehead atoms. The fourth-order valence-electron chi connectivity index (χ4n) is 12.4. The predicted octanol–water partition coefficient (Wildman–Crippen LogP) is 24.3. The van der Waals surface area contributed by atoms with Crippen LogP contribution < -0.4 is 9.47 Å². The maximum atomic E-state index is 7.45. The van der Waals surface area contributed by atoms with Crippen molar-refractivity contribution in [2.45, 2.75) is 65.2 Å². The van der Waals surface area contributed by atoms with Gasteiger partial charge in [-0.15, -0.1) is 23.2 Å². The summed E-state index contributed by atoms with van der Waals surface area (Å²) < 4.78 is 14.9. The van der Waals surface area contributed by atoms with Gasteiger partial charge in [-0.1, -0.05) is 331 Å². The molecule has 0 fully saturated rings. The lowest BCUT2D eigenvalue weighted by molar-refractivity contribution is 0.303. The topological polar surface area (TPSA) is 18.5 Å². The molecule has 442 valence electrons. The van der Waals surface area contributed by atoms with Gasteiger partial charge >= 0.3 is 0 Å². The van der Waals surface area contributed by atoms with Crippen LogP contribution in [0.2, 0.25) is 0 Å². The SMILES string of the molecule is CCCCCCOc1c(-c2ccc(C(=C(c3ccccc3)c3ccccc3)c3ccccc3)cc2)cc2ccccc2c1-c1c(OCCCCCC)c(-c2ccc(C(=C(c3ccccc3)c3ccccc3)c3ccccc3)cc2)cc2ccccc12.ClCCl. The zero-order chi connectivity index (χ0) is 61.0. The number of ether oxygens (including phenoxy) is 2. The van der Waals surface area contributed by atoms with E-state index in [0.29, 0.717) is 13.2 Å². The summed E-state index contributed by atoms with van der Waals surface area (Å²) in [7, 11) is 0. The summed E-state index contributed by atoms with van der Waals surface area (Å²) in [6, 6.07) is 106. The third kappa shape index (κ3) is 14.5. The van der Waals surface area contributed by atoms with E-state index in [-0.39, 0.29) is 5.34 Å². The Morgan fingerprint density at radius 1 is 0.281 bits per heavy atom. The highest BCUT2D eigenvalue weighted by molar-refractivity contribution is 6.40. The van der Waals surface area contributed by atoms with Crippen molar-refractivity contribution in [3.8, 4) is 44.9 Å². The van der Waals surface area contributed by atoms with Crippen molar-refractivity contribution in [3.05, 3.63) is 336 Å². The van der Waals surface area contributed by atoms with Gasteiger partial charge < -0.3 is 9.47 Å². The van der Waals surface area contributed by atoms with E-state index in [2.05, 4.69) is 305 Å². The summed E-state index contributed by atoms with van der Waals surface area (Å²) in [4.78, 5) is 0. The Kier molecular flexibility index (Phi) is 21.5. The van der Waals surface area contributed by atoms with Crippen LogP contribution in [0.25, 0.3) is 77.2 Å². The van der Waals surface area contributed by atoms with Crippen molar-refractivity contribution in [1.29, 1.82) is 0 Å². The van der Waals surface area contributed by atoms with Crippen LogP contribution in [0.15, 0.2) is 291 Å². The van der Waals surface area contributed by atoms with Gasteiger partial charge in [-0.05, 0) is 124 Å². The Balaban J connectivity index is 0.00000267. The van der Waals surface area contributed by atoms with Crippen molar-refractivity contribution in [2.24, 2.45) is 0 Å². The number of hydrogen-bond donors (Lipinski definition) is 0. The molecule has 0 spiro atoms. The summed E-state index contributed by atoms with van der Waals surface area (Å²) in [5.41, 5.74) is 20.4. The normalized spacial score (nSPS) is 11.0. The molecule has 0 atom stereocenters. The van der Waals surface area contributed by atoms with Crippen LogP contribution in [0.5, 0.6) is 11.5 Å². The average molecular weight is 1200 g/mol. The molecule has 0 heterocycles. The molecule has 0 saturated heterocycles. The van der Waals surface area contributed by atoms with Gasteiger partial charge in [-0.3, -0.25) is 0 Å². The summed E-state index contributed by atoms with van der Waals surface area (Å²) in [5.74, 6) is 1.75. The first-order chi connectivity index (χ1) is 44.1. The maximum Gasteiger partial charge on any atom is 0.135 e. The van der Waals surface area contributed by atoms with Crippen molar-refractivity contribution in [3.63, 3.8) is 0 Å². The van der Waals surface area contributed by atoms with Gasteiger partial charge in [-0.25, -0.2) is 0 Å². The third-order valence-corrected chi connectivity index (χ3v) is 16.6. The highest BCUT2D eigenvalue weighted by Gasteiger charge is 2.27. The molecule has 0 aliphatic rings. The van der Waals surface area contributed by atoms with Crippen molar-refractivity contribution >= 4 is 67.0 Å².